The summed E-state index contributed by atoms with van der Waals surface area (Å²) < 4.78 is 0. The number of nitrogens with one attached hydrogen (secondary N) is 1. The summed E-state index contributed by atoms with van der Waals surface area (Å²) in [6, 6.07) is 5.48. The maximum atomic E-state index is 11.7. The smallest absolute Gasteiger partial charge is 0.303 e. The van der Waals surface area contributed by atoms with E-state index in [-0.39, 0.29) is 24.2 Å². The maximum Gasteiger partial charge on any atom is 0.303 e. The van der Waals surface area contributed by atoms with E-state index >= 15 is 0 Å². The number of carbonyl (C=O) groups is 2. The minimum Gasteiger partial charge on any atom is -0.481 e. The normalized spacial score (nSPS) is 11.1. The van der Waals surface area contributed by atoms with E-state index < -0.39 is 5.97 Å². The molecule has 0 fully saturated rings. The van der Waals surface area contributed by atoms with E-state index in [9.17, 15) is 9.59 Å². The van der Waals surface area contributed by atoms with Gasteiger partial charge < -0.3 is 10.4 Å². The molecule has 20 heavy (non-hydrogen) atoms. The fourth-order valence-electron chi connectivity index (χ4n) is 1.84. The van der Waals surface area contributed by atoms with E-state index in [0.717, 1.165) is 12.1 Å². The van der Waals surface area contributed by atoms with Crippen LogP contribution >= 0.6 is 0 Å². The van der Waals surface area contributed by atoms with Crippen LogP contribution in [0.25, 0.3) is 0 Å². The Morgan fingerprint density at radius 1 is 1.30 bits per heavy atom. The van der Waals surface area contributed by atoms with Crippen molar-refractivity contribution in [3.8, 4) is 0 Å². The largest absolute Gasteiger partial charge is 0.481 e. The summed E-state index contributed by atoms with van der Waals surface area (Å²) in [5.74, 6) is -0.838. The van der Waals surface area contributed by atoms with Crippen LogP contribution < -0.4 is 5.32 Å². The molecule has 0 atom stereocenters. The molecule has 0 aromatic carbocycles. The zero-order valence-electron chi connectivity index (χ0n) is 12.1. The summed E-state index contributed by atoms with van der Waals surface area (Å²) in [6.45, 7) is 4.58. The zero-order chi connectivity index (χ0) is 15.0. The number of carboxylic acids is 1. The number of carboxylic acid groups (broad SMARTS) is 1. The molecular formula is C15H22N2O3. The van der Waals surface area contributed by atoms with Crippen LogP contribution in [0.4, 0.5) is 0 Å². The molecule has 1 rings (SSSR count). The van der Waals surface area contributed by atoms with Crippen LogP contribution in [0.5, 0.6) is 0 Å². The first-order valence-electron chi connectivity index (χ1n) is 6.77. The van der Waals surface area contributed by atoms with E-state index in [2.05, 4.69) is 10.3 Å². The van der Waals surface area contributed by atoms with Gasteiger partial charge in [-0.15, -0.1) is 0 Å². The lowest BCUT2D eigenvalue weighted by molar-refractivity contribution is -0.137. The molecule has 0 unspecified atom stereocenters. The summed E-state index contributed by atoms with van der Waals surface area (Å²) >= 11 is 0. The Morgan fingerprint density at radius 3 is 2.65 bits per heavy atom. The standard InChI is InChI=1S/C15H22N2O3/c1-15(2,7-6-14(19)20)8-10-17-13(18)11-12-5-3-4-9-16-12/h3-5,9H,6-8,10-11H2,1-2H3,(H,17,18)(H,19,20). The van der Waals surface area contributed by atoms with E-state index in [4.69, 9.17) is 5.11 Å². The molecule has 0 saturated carbocycles. The number of aromatic nitrogens is 1. The van der Waals surface area contributed by atoms with Crippen molar-refractivity contribution in [2.24, 2.45) is 5.41 Å². The molecule has 0 aliphatic carbocycles. The SMILES string of the molecule is CC(C)(CCNC(=O)Cc1ccccn1)CCC(=O)O. The average Bonchev–Trinajstić information content (AvgIpc) is 2.37. The van der Waals surface area contributed by atoms with Crippen molar-refractivity contribution in [3.63, 3.8) is 0 Å². The fraction of sp³-hybridized carbons (Fsp3) is 0.533. The first kappa shape index (κ1) is 16.1. The van der Waals surface area contributed by atoms with Crippen molar-refractivity contribution in [3.05, 3.63) is 30.1 Å². The molecule has 1 aromatic heterocycles. The number of nitrogens with zero attached hydrogens (tertiary/aromatic N) is 1. The Morgan fingerprint density at radius 2 is 2.05 bits per heavy atom. The van der Waals surface area contributed by atoms with Crippen molar-refractivity contribution in [2.45, 2.75) is 39.5 Å². The monoisotopic (exact) mass is 278 g/mol. The van der Waals surface area contributed by atoms with Gasteiger partial charge in [0.1, 0.15) is 0 Å². The minimum atomic E-state index is -0.780. The average molecular weight is 278 g/mol. The minimum absolute atomic E-state index is 0.0577. The van der Waals surface area contributed by atoms with Crippen molar-refractivity contribution in [1.82, 2.24) is 10.3 Å². The van der Waals surface area contributed by atoms with Gasteiger partial charge in [-0.1, -0.05) is 19.9 Å². The molecule has 1 amide bonds. The molecule has 0 aliphatic heterocycles. The number of rotatable bonds is 8. The Bertz CT molecular complexity index is 444. The second-order valence-corrected chi connectivity index (χ2v) is 5.66. The van der Waals surface area contributed by atoms with Gasteiger partial charge >= 0.3 is 5.97 Å². The zero-order valence-corrected chi connectivity index (χ0v) is 12.1. The number of amides is 1. The van der Waals surface area contributed by atoms with Gasteiger partial charge in [-0.25, -0.2) is 0 Å². The first-order valence-corrected chi connectivity index (χ1v) is 6.77. The van der Waals surface area contributed by atoms with E-state index in [1.54, 1.807) is 6.20 Å². The van der Waals surface area contributed by atoms with Crippen molar-refractivity contribution >= 4 is 11.9 Å². The lowest BCUT2D eigenvalue weighted by Gasteiger charge is -2.23. The van der Waals surface area contributed by atoms with Crippen LogP contribution in [-0.4, -0.2) is 28.5 Å². The summed E-state index contributed by atoms with van der Waals surface area (Å²) in [6.07, 6.45) is 3.47. The summed E-state index contributed by atoms with van der Waals surface area (Å²) in [7, 11) is 0. The van der Waals surface area contributed by atoms with Crippen molar-refractivity contribution in [2.75, 3.05) is 6.54 Å². The summed E-state index contributed by atoms with van der Waals surface area (Å²) in [4.78, 5) is 26.4. The Balaban J connectivity index is 2.26. The molecule has 0 bridgehead atoms. The predicted octanol–water partition coefficient (Wildman–Crippen LogP) is 2.02. The van der Waals surface area contributed by atoms with Gasteiger partial charge in [-0.3, -0.25) is 14.6 Å². The number of hydrogen-bond acceptors (Lipinski definition) is 3. The molecule has 0 aliphatic rings. The van der Waals surface area contributed by atoms with E-state index in [1.807, 2.05) is 32.0 Å². The third-order valence-electron chi connectivity index (χ3n) is 3.21. The van der Waals surface area contributed by atoms with Gasteiger partial charge in [0.25, 0.3) is 0 Å². The molecule has 0 spiro atoms. The topological polar surface area (TPSA) is 79.3 Å². The number of hydrogen-bond donors (Lipinski definition) is 2. The summed E-state index contributed by atoms with van der Waals surface area (Å²) in [5.41, 5.74) is 0.659. The van der Waals surface area contributed by atoms with Crippen LogP contribution in [0, 0.1) is 5.41 Å². The number of pyridine rings is 1. The molecule has 110 valence electrons. The third-order valence-corrected chi connectivity index (χ3v) is 3.21. The highest BCUT2D eigenvalue weighted by atomic mass is 16.4. The Labute approximate surface area is 119 Å². The van der Waals surface area contributed by atoms with Gasteiger partial charge in [0.15, 0.2) is 0 Å². The molecule has 0 radical (unpaired) electrons. The Hall–Kier alpha value is -1.91. The highest BCUT2D eigenvalue weighted by molar-refractivity contribution is 5.78. The first-order chi connectivity index (χ1) is 9.39. The van der Waals surface area contributed by atoms with Crippen molar-refractivity contribution in [1.29, 1.82) is 0 Å². The summed E-state index contributed by atoms with van der Waals surface area (Å²) in [5, 5.41) is 11.5. The fourth-order valence-corrected chi connectivity index (χ4v) is 1.84. The Kier molecular flexibility index (Phi) is 6.15. The lowest BCUT2D eigenvalue weighted by Crippen LogP contribution is -2.29. The maximum absolute atomic E-state index is 11.7. The van der Waals surface area contributed by atoms with Gasteiger partial charge in [0.2, 0.25) is 5.91 Å². The quantitative estimate of drug-likeness (QED) is 0.762. The highest BCUT2D eigenvalue weighted by Gasteiger charge is 2.19. The van der Waals surface area contributed by atoms with Crippen molar-refractivity contribution < 1.29 is 14.7 Å². The number of aliphatic carboxylic acids is 1. The van der Waals surface area contributed by atoms with Crippen LogP contribution in [0.2, 0.25) is 0 Å². The second-order valence-electron chi connectivity index (χ2n) is 5.66. The molecule has 2 N–H and O–H groups in total. The molecular weight excluding hydrogens is 256 g/mol. The van der Waals surface area contributed by atoms with Gasteiger partial charge in [0, 0.05) is 24.9 Å². The third kappa shape index (κ3) is 6.87. The van der Waals surface area contributed by atoms with Gasteiger partial charge in [-0.05, 0) is 30.4 Å². The van der Waals surface area contributed by atoms with Crippen LogP contribution in [0.1, 0.15) is 38.8 Å². The molecule has 5 heteroatoms. The predicted molar refractivity (Wildman–Crippen MR) is 76.2 cm³/mol. The van der Waals surface area contributed by atoms with Crippen LogP contribution in [-0.2, 0) is 16.0 Å². The lowest BCUT2D eigenvalue weighted by atomic mass is 9.84. The van der Waals surface area contributed by atoms with E-state index in [1.165, 1.54) is 0 Å². The molecule has 1 aromatic rings. The van der Waals surface area contributed by atoms with E-state index in [0.29, 0.717) is 13.0 Å². The molecule has 5 nitrogen and oxygen atoms in total. The van der Waals surface area contributed by atoms with Crippen LogP contribution in [0.15, 0.2) is 24.4 Å². The highest BCUT2D eigenvalue weighted by Crippen LogP contribution is 2.25. The van der Waals surface area contributed by atoms with Gasteiger partial charge in [-0.2, -0.15) is 0 Å². The molecule has 1 heterocycles. The van der Waals surface area contributed by atoms with Crippen LogP contribution in [0.3, 0.4) is 0 Å². The van der Waals surface area contributed by atoms with Gasteiger partial charge in [0.05, 0.1) is 6.42 Å². The second kappa shape index (κ2) is 7.62. The number of carbonyl (C=O) groups excluding carboxylic acids is 1. The molecule has 0 saturated heterocycles.